The Balaban J connectivity index is 0.748. The average molecular weight is 1010 g/mol. The number of nitrogens with one attached hydrogen (secondary N) is 2. The molecule has 2 saturated heterocycles. The summed E-state index contributed by atoms with van der Waals surface area (Å²) in [6, 6.07) is 21.5. The van der Waals surface area contributed by atoms with Gasteiger partial charge in [-0.15, -0.1) is 0 Å². The van der Waals surface area contributed by atoms with Crippen LogP contribution < -0.4 is 30.7 Å². The Hall–Kier alpha value is -5.65. The Morgan fingerprint density at radius 2 is 1.67 bits per heavy atom. The van der Waals surface area contributed by atoms with E-state index in [1.807, 2.05) is 49.0 Å². The fraction of sp³-hybridized carbons (Fsp3) is 0.491. The summed E-state index contributed by atoms with van der Waals surface area (Å²) in [6.45, 7) is 4.27. The van der Waals surface area contributed by atoms with Crippen molar-refractivity contribution in [1.82, 2.24) is 30.2 Å². The molecular formula is C55H65ClF2N8O6. The van der Waals surface area contributed by atoms with Crippen LogP contribution in [-0.4, -0.2) is 113 Å². The largest absolute Gasteiger partial charge is 0.488 e. The first-order valence-corrected chi connectivity index (χ1v) is 26.0. The molecule has 382 valence electrons. The lowest BCUT2D eigenvalue weighted by Crippen LogP contribution is -2.51. The molecule has 14 nitrogen and oxygen atoms in total. The minimum Gasteiger partial charge on any atom is -0.488 e. The highest BCUT2D eigenvalue weighted by atomic mass is 35.5. The predicted octanol–water partition coefficient (Wildman–Crippen LogP) is 8.50. The molecule has 3 aliphatic heterocycles. The maximum absolute atomic E-state index is 16.5. The van der Waals surface area contributed by atoms with Crippen molar-refractivity contribution in [2.24, 2.45) is 12.8 Å². The summed E-state index contributed by atoms with van der Waals surface area (Å²) in [5.74, 6) is -2.41. The number of imide groups is 1. The minimum atomic E-state index is -1.04. The SMILES string of the molecule is C[C@H]1c2c(cc(F)c(Cl)c2-c2c(C(N)=O)ccc(OCCO)c2F)O[C@]1(CNC1CCC(N(C)C2CCC(N3CCC(c4ccc5c(N6CCC(=O)NC6=O)nn(C)c5c4)CC3)CC2)CC1)c1ccccc1. The molecule has 72 heavy (non-hydrogen) atoms. The number of carbonyl (C=O) groups is 3. The predicted molar refractivity (Wildman–Crippen MR) is 273 cm³/mol. The van der Waals surface area contributed by atoms with Crippen molar-refractivity contribution in [3.8, 4) is 22.6 Å². The molecule has 1 aromatic heterocycles. The molecule has 4 amide bonds. The maximum Gasteiger partial charge on any atom is 0.329 e. The summed E-state index contributed by atoms with van der Waals surface area (Å²) >= 11 is 6.75. The van der Waals surface area contributed by atoms with Crippen LogP contribution in [0.25, 0.3) is 22.0 Å². The lowest BCUT2D eigenvalue weighted by Gasteiger charge is -2.45. The molecule has 4 aromatic carbocycles. The molecule has 5 aliphatic rings. The first kappa shape index (κ1) is 49.9. The number of hydrogen-bond acceptors (Lipinski definition) is 10. The van der Waals surface area contributed by atoms with Crippen molar-refractivity contribution in [2.75, 3.05) is 51.3 Å². The molecule has 10 rings (SSSR count). The number of aliphatic hydroxyl groups is 1. The van der Waals surface area contributed by atoms with Crippen molar-refractivity contribution < 1.29 is 37.7 Å². The average Bonchev–Trinajstić information content (AvgIpc) is 3.87. The fourth-order valence-electron chi connectivity index (χ4n) is 12.7. The third kappa shape index (κ3) is 9.33. The first-order chi connectivity index (χ1) is 34.8. The number of amides is 4. The Bertz CT molecular complexity index is 2840. The van der Waals surface area contributed by atoms with E-state index in [4.69, 9.17) is 26.8 Å². The number of nitrogens with zero attached hydrogens (tertiary/aromatic N) is 5. The van der Waals surface area contributed by atoms with Crippen LogP contribution in [-0.2, 0) is 17.4 Å². The number of carbonyl (C=O) groups excluding carboxylic acids is 3. The van der Waals surface area contributed by atoms with Crippen LogP contribution >= 0.6 is 11.6 Å². The number of halogens is 3. The smallest absolute Gasteiger partial charge is 0.329 e. The van der Waals surface area contributed by atoms with Crippen LogP contribution in [0.5, 0.6) is 11.5 Å². The minimum absolute atomic E-state index is 0.0144. The number of nitrogens with two attached hydrogens (primary N) is 1. The molecule has 2 saturated carbocycles. The zero-order valence-electron chi connectivity index (χ0n) is 41.3. The Morgan fingerprint density at radius 3 is 2.35 bits per heavy atom. The van der Waals surface area contributed by atoms with Gasteiger partial charge in [-0.25, -0.2) is 13.6 Å². The molecule has 4 heterocycles. The fourth-order valence-corrected chi connectivity index (χ4v) is 12.9. The molecule has 2 atom stereocenters. The van der Waals surface area contributed by atoms with E-state index in [1.54, 1.807) is 4.90 Å². The molecule has 0 unspecified atom stereocenters. The summed E-state index contributed by atoms with van der Waals surface area (Å²) < 4.78 is 46.6. The highest BCUT2D eigenvalue weighted by Crippen LogP contribution is 2.56. The normalized spacial score (nSPS) is 25.2. The van der Waals surface area contributed by atoms with Gasteiger partial charge in [0.05, 0.1) is 22.7 Å². The summed E-state index contributed by atoms with van der Waals surface area (Å²) in [6.07, 6.45) is 11.4. The molecule has 0 spiro atoms. The van der Waals surface area contributed by atoms with E-state index in [0.717, 1.165) is 68.1 Å². The lowest BCUT2D eigenvalue weighted by molar-refractivity contribution is -0.120. The number of aliphatic hydroxyl groups excluding tert-OH is 1. The number of piperidine rings is 1. The third-order valence-electron chi connectivity index (χ3n) is 16.7. The number of likely N-dealkylation sites (tertiary alicyclic amines) is 1. The number of urea groups is 1. The van der Waals surface area contributed by atoms with Crippen molar-refractivity contribution in [3.63, 3.8) is 0 Å². The molecular weight excluding hydrogens is 942 g/mol. The molecule has 2 aliphatic carbocycles. The first-order valence-electron chi connectivity index (χ1n) is 25.7. The molecule has 0 bridgehead atoms. The van der Waals surface area contributed by atoms with Gasteiger partial charge in [0.1, 0.15) is 18.2 Å². The third-order valence-corrected chi connectivity index (χ3v) is 17.1. The zero-order valence-corrected chi connectivity index (χ0v) is 42.0. The van der Waals surface area contributed by atoms with Gasteiger partial charge in [0.25, 0.3) is 0 Å². The number of anilines is 1. The maximum atomic E-state index is 16.5. The van der Waals surface area contributed by atoms with Crippen LogP contribution in [0.3, 0.4) is 0 Å². The monoisotopic (exact) mass is 1010 g/mol. The van der Waals surface area contributed by atoms with E-state index in [2.05, 4.69) is 50.8 Å². The van der Waals surface area contributed by atoms with E-state index in [9.17, 15) is 19.5 Å². The highest BCUT2D eigenvalue weighted by Gasteiger charge is 2.50. The molecule has 5 N–H and O–H groups in total. The summed E-state index contributed by atoms with van der Waals surface area (Å²) in [5, 5.41) is 20.9. The van der Waals surface area contributed by atoms with Gasteiger partial charge in [0, 0.05) is 84.8 Å². The summed E-state index contributed by atoms with van der Waals surface area (Å²) in [7, 11) is 4.23. The number of benzene rings is 4. The van der Waals surface area contributed by atoms with Gasteiger partial charge in [-0.2, -0.15) is 5.10 Å². The van der Waals surface area contributed by atoms with Crippen molar-refractivity contribution >= 4 is 46.2 Å². The number of fused-ring (bicyclic) bond motifs is 2. The lowest BCUT2D eigenvalue weighted by atomic mass is 9.77. The second kappa shape index (κ2) is 20.7. The van der Waals surface area contributed by atoms with Crippen molar-refractivity contribution in [3.05, 3.63) is 106 Å². The van der Waals surface area contributed by atoms with E-state index in [-0.39, 0.29) is 64.8 Å². The van der Waals surface area contributed by atoms with Crippen LogP contribution in [0.4, 0.5) is 19.4 Å². The summed E-state index contributed by atoms with van der Waals surface area (Å²) in [5.41, 5.74) is 7.89. The van der Waals surface area contributed by atoms with Gasteiger partial charge in [-0.1, -0.05) is 54.9 Å². The number of ether oxygens (including phenoxy) is 2. The van der Waals surface area contributed by atoms with Gasteiger partial charge in [-0.3, -0.25) is 24.5 Å². The van der Waals surface area contributed by atoms with Crippen LogP contribution in [0, 0.1) is 11.6 Å². The van der Waals surface area contributed by atoms with Gasteiger partial charge in [0.2, 0.25) is 11.8 Å². The van der Waals surface area contributed by atoms with Gasteiger partial charge >= 0.3 is 6.03 Å². The molecule has 0 radical (unpaired) electrons. The zero-order chi connectivity index (χ0) is 50.4. The highest BCUT2D eigenvalue weighted by molar-refractivity contribution is 6.34. The van der Waals surface area contributed by atoms with Crippen molar-refractivity contribution in [2.45, 2.75) is 119 Å². The number of primary amides is 1. The quantitative estimate of drug-likeness (QED) is 0.0847. The Morgan fingerprint density at radius 1 is 0.958 bits per heavy atom. The van der Waals surface area contributed by atoms with E-state index >= 15 is 8.78 Å². The Labute approximate surface area is 424 Å². The number of hydrogen-bond donors (Lipinski definition) is 4. The standard InChI is InChI=1S/C55H65ClF2N8O6/c1-32-47-45(30-42(57)50(56)49(47)48-41(52(59)69)19-20-44(51(48)58)71-28-27-67)72-55(32,35-7-5-4-6-8-35)31-60-36-10-12-37(13-11-36)63(2)38-14-16-39(17-15-38)65-24-21-33(22-25-65)34-9-18-40-43(29-34)64(3)62-53(40)66-26-23-46(68)61-54(66)70/h4-9,18-20,29-30,32-33,36-39,60,67H,10-17,21-28,31H2,1-3H3,(H2,59,69)(H,61,68,70)/t32-,36?,37?,38?,39?,55-/m0/s1. The number of aromatic nitrogens is 2. The second-order valence-electron chi connectivity index (χ2n) is 20.6. The second-order valence-corrected chi connectivity index (χ2v) is 21.0. The molecule has 5 aromatic rings. The number of rotatable bonds is 14. The van der Waals surface area contributed by atoms with Gasteiger partial charge < -0.3 is 35.4 Å². The van der Waals surface area contributed by atoms with Crippen LogP contribution in [0.15, 0.2) is 66.7 Å². The summed E-state index contributed by atoms with van der Waals surface area (Å²) in [4.78, 5) is 44.1. The van der Waals surface area contributed by atoms with Gasteiger partial charge in [0.15, 0.2) is 23.0 Å². The van der Waals surface area contributed by atoms with Crippen LogP contribution in [0.2, 0.25) is 5.02 Å². The molecule has 4 fully saturated rings. The van der Waals surface area contributed by atoms with E-state index < -0.39 is 35.1 Å². The number of aryl methyl sites for hydroxylation is 1. The van der Waals surface area contributed by atoms with Gasteiger partial charge in [-0.05, 0) is 126 Å². The van der Waals surface area contributed by atoms with Crippen LogP contribution in [0.1, 0.15) is 116 Å². The van der Waals surface area contributed by atoms with E-state index in [0.29, 0.717) is 48.5 Å². The molecule has 17 heteroatoms. The van der Waals surface area contributed by atoms with E-state index in [1.165, 1.54) is 49.4 Å². The van der Waals surface area contributed by atoms with Crippen molar-refractivity contribution in [1.29, 1.82) is 0 Å². The Kier molecular flexibility index (Phi) is 14.3. The topological polar surface area (TPSA) is 168 Å².